The summed E-state index contributed by atoms with van der Waals surface area (Å²) in [7, 11) is 0. The molecule has 0 fully saturated rings. The number of rotatable bonds is 19. The van der Waals surface area contributed by atoms with Gasteiger partial charge in [-0.25, -0.2) is 8.78 Å². The Kier molecular flexibility index (Phi) is 13.4. The summed E-state index contributed by atoms with van der Waals surface area (Å²) < 4.78 is 84.0. The molecule has 0 radical (unpaired) electrons. The van der Waals surface area contributed by atoms with E-state index in [9.17, 15) is 80.6 Å². The summed E-state index contributed by atoms with van der Waals surface area (Å²) in [6.07, 6.45) is -7.28. The number of ether oxygens (including phenoxy) is 1. The second-order valence-corrected chi connectivity index (χ2v) is 10.1. The van der Waals surface area contributed by atoms with Gasteiger partial charge in [-0.1, -0.05) is 44.2 Å². The maximum Gasteiger partial charge on any atom is 0.369 e. The highest BCUT2D eigenvalue weighted by Crippen LogP contribution is 2.44. The Morgan fingerprint density at radius 3 is 1.51 bits per heavy atom. The van der Waals surface area contributed by atoms with Crippen LogP contribution in [0.2, 0.25) is 0 Å². The summed E-state index contributed by atoms with van der Waals surface area (Å²) in [5.74, 6) is -41.0. The summed E-state index contributed by atoms with van der Waals surface area (Å²) >= 11 is 0. The van der Waals surface area contributed by atoms with Crippen molar-refractivity contribution in [3.63, 3.8) is 0 Å². The van der Waals surface area contributed by atoms with Crippen molar-refractivity contribution in [2.45, 2.75) is 50.9 Å². The van der Waals surface area contributed by atoms with Crippen molar-refractivity contribution in [1.82, 2.24) is 0 Å². The Morgan fingerprint density at radius 1 is 0.711 bits per heavy atom. The molecule has 0 saturated heterocycles. The van der Waals surface area contributed by atoms with E-state index < -0.39 is 109 Å². The van der Waals surface area contributed by atoms with Gasteiger partial charge in [0, 0.05) is 0 Å². The highest BCUT2D eigenvalue weighted by atomic mass is 19.3. The first-order valence-electron chi connectivity index (χ1n) is 13.0. The quantitative estimate of drug-likeness (QED) is 0.106. The molecular weight excluding hydrogens is 630 g/mol. The molecule has 12 nitrogen and oxygen atoms in total. The van der Waals surface area contributed by atoms with Crippen LogP contribution in [0.4, 0.5) is 26.3 Å². The van der Waals surface area contributed by atoms with E-state index in [1.54, 1.807) is 0 Å². The third-order valence-corrected chi connectivity index (χ3v) is 7.41. The van der Waals surface area contributed by atoms with Gasteiger partial charge in [-0.2, -0.15) is 17.6 Å². The van der Waals surface area contributed by atoms with E-state index in [1.807, 2.05) is 0 Å². The number of halogens is 6. The molecular formula is C27H30F6O12. The largest absolute Gasteiger partial charge is 0.481 e. The van der Waals surface area contributed by atoms with Crippen LogP contribution in [-0.2, 0) is 33.5 Å². The van der Waals surface area contributed by atoms with Crippen LogP contribution >= 0.6 is 0 Å². The first-order valence-corrected chi connectivity index (χ1v) is 13.0. The monoisotopic (exact) mass is 660 g/mol. The molecule has 0 aliphatic rings. The van der Waals surface area contributed by atoms with Crippen molar-refractivity contribution in [3.05, 3.63) is 35.9 Å². The van der Waals surface area contributed by atoms with E-state index in [4.69, 9.17) is 0 Å². The molecule has 0 aromatic heterocycles. The minimum Gasteiger partial charge on any atom is -0.481 e. The Hall–Kier alpha value is -4.38. The molecule has 7 atom stereocenters. The van der Waals surface area contributed by atoms with Gasteiger partial charge in [-0.3, -0.25) is 28.8 Å². The molecule has 0 aliphatic heterocycles. The average molecular weight is 661 g/mol. The van der Waals surface area contributed by atoms with Gasteiger partial charge in [0.1, 0.15) is 0 Å². The third kappa shape index (κ3) is 8.85. The zero-order valence-electron chi connectivity index (χ0n) is 23.5. The van der Waals surface area contributed by atoms with Crippen LogP contribution in [0.1, 0.15) is 38.2 Å². The lowest BCUT2D eigenvalue weighted by Crippen LogP contribution is -2.51. The smallest absolute Gasteiger partial charge is 0.369 e. The van der Waals surface area contributed by atoms with Crippen molar-refractivity contribution in [2.75, 3.05) is 6.61 Å². The van der Waals surface area contributed by atoms with Crippen LogP contribution in [0.5, 0.6) is 0 Å². The molecule has 0 aliphatic carbocycles. The molecule has 0 spiro atoms. The third-order valence-electron chi connectivity index (χ3n) is 7.41. The fraction of sp³-hybridized carbons (Fsp3) is 0.556. The zero-order valence-corrected chi connectivity index (χ0v) is 23.5. The minimum absolute atomic E-state index is 0.0902. The highest BCUT2D eigenvalue weighted by molar-refractivity contribution is 5.92. The summed E-state index contributed by atoms with van der Waals surface area (Å²) in [6.45, 7) is 0.340. The minimum atomic E-state index is -5.87. The Bertz CT molecular complexity index is 1240. The lowest BCUT2D eigenvalue weighted by atomic mass is 9.64. The molecule has 1 aromatic rings. The average Bonchev–Trinajstić information content (AvgIpc) is 2.93. The van der Waals surface area contributed by atoms with Gasteiger partial charge >= 0.3 is 54.1 Å². The number of hydrogen-bond donors (Lipinski definition) is 5. The maximum absolute atomic E-state index is 13.9. The second kappa shape index (κ2) is 15.6. The standard InChI is InChI=1S/C27H30F6O12/c1-3-13(12-7-5-4-6-8-12)15(24(44)45-10-9-26(30,31)27(32,33)25(28)29)17(22(40)41)18(23(42)43)16(21(38)39)14(20(36)37)11(2)19(34)35/h4-8,11,13-18,25H,3,9-10H2,1-2H3,(H,34,35)(H,36,37)(H,38,39)(H,40,41)(H,42,43). The number of esters is 1. The first kappa shape index (κ1) is 38.6. The molecule has 0 saturated carbocycles. The zero-order chi connectivity index (χ0) is 35.0. The first-order chi connectivity index (χ1) is 20.6. The predicted octanol–water partition coefficient (Wildman–Crippen LogP) is 3.79. The maximum atomic E-state index is 13.9. The summed E-state index contributed by atoms with van der Waals surface area (Å²) in [4.78, 5) is 74.6. The van der Waals surface area contributed by atoms with Crippen LogP contribution in [0, 0.1) is 35.5 Å². The Morgan fingerprint density at radius 2 is 1.13 bits per heavy atom. The van der Waals surface area contributed by atoms with E-state index in [2.05, 4.69) is 4.74 Å². The SMILES string of the molecule is CCC(c1ccccc1)C(C(=O)OCCC(F)(F)C(F)(F)C(F)F)C(C(=O)O)C(C(=O)O)C(C(=O)O)C(C(=O)O)C(C)C(=O)O. The van der Waals surface area contributed by atoms with Gasteiger partial charge in [0.05, 0.1) is 48.5 Å². The highest BCUT2D eigenvalue weighted by Gasteiger charge is 2.62. The van der Waals surface area contributed by atoms with Crippen LogP contribution in [-0.4, -0.2) is 86.2 Å². The van der Waals surface area contributed by atoms with Crippen LogP contribution in [0.15, 0.2) is 30.3 Å². The second-order valence-electron chi connectivity index (χ2n) is 10.1. The molecule has 5 N–H and O–H groups in total. The number of carboxylic acids is 5. The van der Waals surface area contributed by atoms with Gasteiger partial charge < -0.3 is 30.3 Å². The van der Waals surface area contributed by atoms with Crippen molar-refractivity contribution in [2.24, 2.45) is 35.5 Å². The predicted molar refractivity (Wildman–Crippen MR) is 136 cm³/mol. The number of hydrogen-bond acceptors (Lipinski definition) is 7. The molecule has 18 heteroatoms. The Balaban J connectivity index is 3.88. The number of carboxylic acid groups (broad SMARTS) is 5. The molecule has 1 aromatic carbocycles. The topological polar surface area (TPSA) is 213 Å². The summed E-state index contributed by atoms with van der Waals surface area (Å²) in [5, 5.41) is 49.2. The van der Waals surface area contributed by atoms with E-state index in [0.29, 0.717) is 6.92 Å². The lowest BCUT2D eigenvalue weighted by Gasteiger charge is -2.37. The fourth-order valence-electron chi connectivity index (χ4n) is 5.08. The molecule has 0 heterocycles. The van der Waals surface area contributed by atoms with Gasteiger partial charge in [-0.05, 0) is 17.9 Å². The fourth-order valence-corrected chi connectivity index (χ4v) is 5.08. The molecule has 1 rings (SSSR count). The van der Waals surface area contributed by atoms with Crippen molar-refractivity contribution >= 4 is 35.8 Å². The van der Waals surface area contributed by atoms with Gasteiger partial charge in [0.2, 0.25) is 0 Å². The number of carbonyl (C=O) groups excluding carboxylic acids is 1. The van der Waals surface area contributed by atoms with Crippen LogP contribution in [0.25, 0.3) is 0 Å². The van der Waals surface area contributed by atoms with Crippen molar-refractivity contribution in [1.29, 1.82) is 0 Å². The molecule has 0 bridgehead atoms. The number of benzene rings is 1. The van der Waals surface area contributed by atoms with E-state index in [-0.39, 0.29) is 12.0 Å². The number of aliphatic carboxylic acids is 5. The van der Waals surface area contributed by atoms with Crippen molar-refractivity contribution < 1.29 is 85.4 Å². The van der Waals surface area contributed by atoms with E-state index in [0.717, 1.165) is 0 Å². The molecule has 45 heavy (non-hydrogen) atoms. The van der Waals surface area contributed by atoms with Crippen LogP contribution in [0.3, 0.4) is 0 Å². The normalized spacial score (nSPS) is 16.8. The molecule has 252 valence electrons. The number of carbonyl (C=O) groups is 6. The van der Waals surface area contributed by atoms with E-state index in [1.165, 1.54) is 37.3 Å². The van der Waals surface area contributed by atoms with Crippen molar-refractivity contribution in [3.8, 4) is 0 Å². The molecule has 0 amide bonds. The van der Waals surface area contributed by atoms with Gasteiger partial charge in [-0.15, -0.1) is 0 Å². The number of alkyl halides is 6. The summed E-state index contributed by atoms with van der Waals surface area (Å²) in [6, 6.07) is 6.85. The van der Waals surface area contributed by atoms with Gasteiger partial charge in [0.15, 0.2) is 0 Å². The molecule has 7 unspecified atom stereocenters. The Labute approximate surface area is 250 Å². The summed E-state index contributed by atoms with van der Waals surface area (Å²) in [5.41, 5.74) is 0.0902. The van der Waals surface area contributed by atoms with Crippen LogP contribution < -0.4 is 0 Å². The van der Waals surface area contributed by atoms with Gasteiger partial charge in [0.25, 0.3) is 0 Å². The van der Waals surface area contributed by atoms with E-state index >= 15 is 0 Å². The lowest BCUT2D eigenvalue weighted by molar-refractivity contribution is -0.268.